The van der Waals surface area contributed by atoms with Gasteiger partial charge in [0.15, 0.2) is 6.29 Å². The fourth-order valence-electron chi connectivity index (χ4n) is 5.16. The summed E-state index contributed by atoms with van der Waals surface area (Å²) in [6.45, 7) is 3.43. The van der Waals surface area contributed by atoms with Crippen LogP contribution in [-0.4, -0.2) is 42.9 Å². The average Bonchev–Trinajstić information content (AvgIpc) is 3.51. The van der Waals surface area contributed by atoms with E-state index in [2.05, 4.69) is 16.0 Å². The highest BCUT2D eigenvalue weighted by Gasteiger charge is 2.31. The van der Waals surface area contributed by atoms with Crippen LogP contribution in [0.1, 0.15) is 50.6 Å². The Bertz CT molecular complexity index is 1330. The molecule has 0 bridgehead atoms. The summed E-state index contributed by atoms with van der Waals surface area (Å²) in [4.78, 5) is 12.3. The van der Waals surface area contributed by atoms with Crippen molar-refractivity contribution in [2.75, 3.05) is 25.1 Å². The van der Waals surface area contributed by atoms with Gasteiger partial charge in [-0.2, -0.15) is 5.26 Å². The molecule has 6 rings (SSSR count). The summed E-state index contributed by atoms with van der Waals surface area (Å²) < 4.78 is 24.7. The maximum atomic E-state index is 12.3. The van der Waals surface area contributed by atoms with Crippen LogP contribution in [0.15, 0.2) is 42.5 Å². The Morgan fingerprint density at radius 3 is 2.54 bits per heavy atom. The number of hydrogen-bond donors (Lipinski definition) is 1. The van der Waals surface area contributed by atoms with Crippen molar-refractivity contribution in [1.82, 2.24) is 4.57 Å². The van der Waals surface area contributed by atoms with Gasteiger partial charge < -0.3 is 23.5 Å². The molecule has 0 unspecified atom stereocenters. The van der Waals surface area contributed by atoms with E-state index in [-0.39, 0.29) is 12.4 Å². The molecule has 2 aliphatic carbocycles. The smallest absolute Gasteiger partial charge is 0.411 e. The number of rotatable bonds is 8. The van der Waals surface area contributed by atoms with Crippen molar-refractivity contribution in [1.29, 1.82) is 5.26 Å². The Labute approximate surface area is 216 Å². The maximum Gasteiger partial charge on any atom is 0.411 e. The molecule has 8 heteroatoms. The lowest BCUT2D eigenvalue weighted by Gasteiger charge is -2.30. The highest BCUT2D eigenvalue weighted by Crippen LogP contribution is 2.43. The second-order valence-corrected chi connectivity index (χ2v) is 10.1. The lowest BCUT2D eigenvalue weighted by atomic mass is 9.92. The van der Waals surface area contributed by atoms with E-state index < -0.39 is 6.09 Å². The first-order valence-corrected chi connectivity index (χ1v) is 13.1. The molecule has 1 amide bonds. The van der Waals surface area contributed by atoms with E-state index in [1.165, 1.54) is 6.42 Å². The third-order valence-electron chi connectivity index (χ3n) is 7.59. The molecule has 3 aliphatic rings. The molecule has 3 aromatic rings. The van der Waals surface area contributed by atoms with Gasteiger partial charge in [-0.25, -0.2) is 4.79 Å². The van der Waals surface area contributed by atoms with E-state index >= 15 is 0 Å². The van der Waals surface area contributed by atoms with Crippen molar-refractivity contribution < 1.29 is 23.7 Å². The van der Waals surface area contributed by atoms with Gasteiger partial charge in [-0.3, -0.25) is 5.32 Å². The lowest BCUT2D eigenvalue weighted by molar-refractivity contribution is -0.0683. The van der Waals surface area contributed by atoms with Crippen molar-refractivity contribution in [2.45, 2.75) is 57.5 Å². The zero-order chi connectivity index (χ0) is 25.4. The van der Waals surface area contributed by atoms with Crippen LogP contribution in [0.5, 0.6) is 5.75 Å². The largest absolute Gasteiger partial charge is 0.488 e. The Hall–Kier alpha value is -3.54. The number of nitriles is 1. The fraction of sp³-hybridized carbons (Fsp3) is 0.448. The Morgan fingerprint density at radius 1 is 1.14 bits per heavy atom. The molecule has 192 valence electrons. The average molecular weight is 502 g/mol. The summed E-state index contributed by atoms with van der Waals surface area (Å²) in [5, 5.41) is 13.9. The minimum atomic E-state index is -0.436. The zero-order valence-corrected chi connectivity index (χ0v) is 20.9. The number of carbonyl (C=O) groups excluding carboxylic acids is 1. The van der Waals surface area contributed by atoms with Crippen LogP contribution in [0.25, 0.3) is 22.2 Å². The number of ether oxygens (including phenoxy) is 4. The number of fused-ring (bicyclic) bond motifs is 1. The van der Waals surface area contributed by atoms with Crippen LogP contribution in [0.4, 0.5) is 10.5 Å². The van der Waals surface area contributed by atoms with E-state index in [1.54, 1.807) is 0 Å². The number of carbonyl (C=O) groups is 1. The number of hydrogen-bond acceptors (Lipinski definition) is 6. The molecule has 2 aromatic carbocycles. The van der Waals surface area contributed by atoms with Gasteiger partial charge in [-0.15, -0.1) is 0 Å². The molecule has 37 heavy (non-hydrogen) atoms. The van der Waals surface area contributed by atoms with E-state index in [1.807, 2.05) is 49.4 Å². The molecular formula is C29H31N3O5. The Morgan fingerprint density at radius 2 is 1.89 bits per heavy atom. The normalized spacial score (nSPS) is 18.8. The first-order chi connectivity index (χ1) is 18.1. The Balaban J connectivity index is 1.29. The summed E-state index contributed by atoms with van der Waals surface area (Å²) >= 11 is 0. The zero-order valence-electron chi connectivity index (χ0n) is 20.9. The number of nitrogens with one attached hydrogen (secondary N) is 1. The van der Waals surface area contributed by atoms with E-state index in [0.29, 0.717) is 43.0 Å². The van der Waals surface area contributed by atoms with Gasteiger partial charge >= 0.3 is 6.09 Å². The highest BCUT2D eigenvalue weighted by atomic mass is 16.7. The third kappa shape index (κ3) is 4.89. The summed E-state index contributed by atoms with van der Waals surface area (Å²) in [5.41, 5.74) is 4.13. The quantitative estimate of drug-likeness (QED) is 0.407. The molecule has 1 aliphatic heterocycles. The monoisotopic (exact) mass is 501 g/mol. The van der Waals surface area contributed by atoms with Crippen molar-refractivity contribution in [3.63, 3.8) is 0 Å². The van der Waals surface area contributed by atoms with Crippen molar-refractivity contribution in [3.05, 3.63) is 48.0 Å². The van der Waals surface area contributed by atoms with Gasteiger partial charge in [0.05, 0.1) is 30.0 Å². The molecule has 2 saturated carbocycles. The van der Waals surface area contributed by atoms with Gasteiger partial charge in [0.2, 0.25) is 0 Å². The van der Waals surface area contributed by atoms with Gasteiger partial charge in [-0.05, 0) is 74.8 Å². The highest BCUT2D eigenvalue weighted by molar-refractivity contribution is 5.96. The molecule has 0 radical (unpaired) electrons. The summed E-state index contributed by atoms with van der Waals surface area (Å²) in [6.07, 6.45) is 4.70. The topological polar surface area (TPSA) is 94.7 Å². The van der Waals surface area contributed by atoms with E-state index in [9.17, 15) is 10.1 Å². The van der Waals surface area contributed by atoms with Gasteiger partial charge in [0.25, 0.3) is 0 Å². The molecule has 2 heterocycles. The standard InChI is InChI=1S/C29H31N3O5/c1-18(19-5-6-19)37-29(33)31-21-9-7-20(8-10-21)28-25(16-30)24-12-11-23(36-17-27-34-13-14-35-27)15-26(24)32(28)22-3-2-4-22/h7-12,15,18-19,22,27H,2-6,13-14,17H2,1H3,(H,31,33)/t18-/m1/s1. The first kappa shape index (κ1) is 23.8. The number of anilines is 1. The maximum absolute atomic E-state index is 12.3. The van der Waals surface area contributed by atoms with Crippen LogP contribution < -0.4 is 10.1 Å². The third-order valence-corrected chi connectivity index (χ3v) is 7.59. The summed E-state index contributed by atoms with van der Waals surface area (Å²) in [5.74, 6) is 1.21. The second kappa shape index (κ2) is 10.1. The Kier molecular flexibility index (Phi) is 6.49. The summed E-state index contributed by atoms with van der Waals surface area (Å²) in [6, 6.07) is 16.3. The molecule has 1 N–H and O–H groups in total. The number of amides is 1. The molecule has 1 saturated heterocycles. The van der Waals surface area contributed by atoms with E-state index in [0.717, 1.165) is 53.6 Å². The molecule has 8 nitrogen and oxygen atoms in total. The van der Waals surface area contributed by atoms with Crippen LogP contribution in [0, 0.1) is 17.2 Å². The van der Waals surface area contributed by atoms with Gasteiger partial charge in [-0.1, -0.05) is 12.1 Å². The van der Waals surface area contributed by atoms with Crippen molar-refractivity contribution in [2.24, 2.45) is 5.92 Å². The van der Waals surface area contributed by atoms with E-state index in [4.69, 9.17) is 18.9 Å². The number of benzene rings is 2. The minimum Gasteiger partial charge on any atom is -0.488 e. The van der Waals surface area contributed by atoms with Crippen LogP contribution in [0.2, 0.25) is 0 Å². The predicted octanol–water partition coefficient (Wildman–Crippen LogP) is 6.00. The molecule has 0 spiro atoms. The minimum absolute atomic E-state index is 0.0669. The van der Waals surface area contributed by atoms with Crippen molar-refractivity contribution in [3.8, 4) is 23.1 Å². The SMILES string of the molecule is C[C@@H](OC(=O)Nc1ccc(-c2c(C#N)c3ccc(OCC4OCCO4)cc3n2C2CCC2)cc1)C1CC1. The second-order valence-electron chi connectivity index (χ2n) is 10.1. The molecule has 1 atom stereocenters. The fourth-order valence-corrected chi connectivity index (χ4v) is 5.16. The molecule has 3 fully saturated rings. The van der Waals surface area contributed by atoms with Crippen LogP contribution in [0.3, 0.4) is 0 Å². The number of nitrogens with zero attached hydrogens (tertiary/aromatic N) is 2. The summed E-state index contributed by atoms with van der Waals surface area (Å²) in [7, 11) is 0. The first-order valence-electron chi connectivity index (χ1n) is 13.1. The van der Waals surface area contributed by atoms with Gasteiger partial charge in [0.1, 0.15) is 24.5 Å². The molecular weight excluding hydrogens is 470 g/mol. The number of aromatic nitrogens is 1. The predicted molar refractivity (Wildman–Crippen MR) is 138 cm³/mol. The lowest BCUT2D eigenvalue weighted by Crippen LogP contribution is -2.21. The van der Waals surface area contributed by atoms with Crippen molar-refractivity contribution >= 4 is 22.7 Å². The van der Waals surface area contributed by atoms with Gasteiger partial charge in [0, 0.05) is 23.2 Å². The van der Waals surface area contributed by atoms with Crippen LogP contribution in [-0.2, 0) is 14.2 Å². The molecule has 1 aromatic heterocycles. The van der Waals surface area contributed by atoms with Crippen LogP contribution >= 0.6 is 0 Å².